The van der Waals surface area contributed by atoms with Crippen molar-refractivity contribution in [1.29, 1.82) is 0 Å². The highest BCUT2D eigenvalue weighted by atomic mass is 15.3. The topological polar surface area (TPSA) is 55.0 Å². The normalized spacial score (nSPS) is 24.0. The highest BCUT2D eigenvalue weighted by Gasteiger charge is 2.30. The number of nitrogens with zero attached hydrogens (tertiary/aromatic N) is 3. The van der Waals surface area contributed by atoms with Crippen LogP contribution in [0.5, 0.6) is 0 Å². The molecule has 0 aliphatic heterocycles. The molecule has 4 heteroatoms. The van der Waals surface area contributed by atoms with E-state index in [4.69, 9.17) is 5.73 Å². The molecule has 0 bridgehead atoms. The molecule has 4 nitrogen and oxygen atoms in total. The molecule has 0 spiro atoms. The molecule has 1 aromatic rings. The third kappa shape index (κ3) is 2.57. The molecule has 1 aliphatic carbocycles. The summed E-state index contributed by atoms with van der Waals surface area (Å²) in [7, 11) is 2.09. The predicted octanol–water partition coefficient (Wildman–Crippen LogP) is 1.66. The molecular weight excluding hydrogens is 212 g/mol. The standard InChI is InChI=1S/C13H22N4/c1-9-7-10(2)16-13(15-9)17(3)12-6-4-5-11(12)8-14/h7,11-12H,4-6,8,14H2,1-3H3. The second-order valence-electron chi connectivity index (χ2n) is 5.06. The Morgan fingerprint density at radius 3 is 2.53 bits per heavy atom. The van der Waals surface area contributed by atoms with Gasteiger partial charge in [-0.15, -0.1) is 0 Å². The molecule has 94 valence electrons. The van der Waals surface area contributed by atoms with Gasteiger partial charge in [0.1, 0.15) is 0 Å². The molecule has 1 heterocycles. The van der Waals surface area contributed by atoms with Gasteiger partial charge in [0.25, 0.3) is 0 Å². The maximum atomic E-state index is 5.83. The van der Waals surface area contributed by atoms with E-state index in [1.807, 2.05) is 19.9 Å². The highest BCUT2D eigenvalue weighted by Crippen LogP contribution is 2.30. The van der Waals surface area contributed by atoms with Gasteiger partial charge in [0.15, 0.2) is 0 Å². The summed E-state index contributed by atoms with van der Waals surface area (Å²) < 4.78 is 0. The van der Waals surface area contributed by atoms with E-state index < -0.39 is 0 Å². The number of hydrogen-bond acceptors (Lipinski definition) is 4. The van der Waals surface area contributed by atoms with Gasteiger partial charge < -0.3 is 10.6 Å². The van der Waals surface area contributed by atoms with Crippen LogP contribution in [0.4, 0.5) is 5.95 Å². The van der Waals surface area contributed by atoms with Gasteiger partial charge in [-0.05, 0) is 45.2 Å². The summed E-state index contributed by atoms with van der Waals surface area (Å²) in [6, 6.07) is 2.51. The van der Waals surface area contributed by atoms with Gasteiger partial charge in [-0.3, -0.25) is 0 Å². The smallest absolute Gasteiger partial charge is 0.225 e. The Morgan fingerprint density at radius 2 is 1.94 bits per heavy atom. The fourth-order valence-electron chi connectivity index (χ4n) is 2.82. The van der Waals surface area contributed by atoms with Crippen LogP contribution in [0, 0.1) is 19.8 Å². The number of hydrogen-bond donors (Lipinski definition) is 1. The summed E-state index contributed by atoms with van der Waals surface area (Å²) in [6.45, 7) is 4.79. The minimum Gasteiger partial charge on any atom is -0.341 e. The largest absolute Gasteiger partial charge is 0.341 e. The quantitative estimate of drug-likeness (QED) is 0.864. The maximum absolute atomic E-state index is 5.83. The highest BCUT2D eigenvalue weighted by molar-refractivity contribution is 5.33. The van der Waals surface area contributed by atoms with Crippen LogP contribution < -0.4 is 10.6 Å². The molecule has 17 heavy (non-hydrogen) atoms. The van der Waals surface area contributed by atoms with E-state index in [2.05, 4.69) is 21.9 Å². The van der Waals surface area contributed by atoms with Crippen molar-refractivity contribution in [3.8, 4) is 0 Å². The molecule has 2 unspecified atom stereocenters. The first kappa shape index (κ1) is 12.3. The van der Waals surface area contributed by atoms with Crippen molar-refractivity contribution < 1.29 is 0 Å². The van der Waals surface area contributed by atoms with Crippen LogP contribution in [-0.2, 0) is 0 Å². The van der Waals surface area contributed by atoms with Crippen LogP contribution in [0.3, 0.4) is 0 Å². The zero-order valence-electron chi connectivity index (χ0n) is 11.0. The van der Waals surface area contributed by atoms with Crippen LogP contribution >= 0.6 is 0 Å². The molecular formula is C13H22N4. The lowest BCUT2D eigenvalue weighted by molar-refractivity contribution is 0.469. The Morgan fingerprint density at radius 1 is 1.29 bits per heavy atom. The summed E-state index contributed by atoms with van der Waals surface area (Å²) in [4.78, 5) is 11.3. The number of aromatic nitrogens is 2. The van der Waals surface area contributed by atoms with Gasteiger partial charge in [-0.25, -0.2) is 9.97 Å². The van der Waals surface area contributed by atoms with Crippen molar-refractivity contribution in [2.24, 2.45) is 11.7 Å². The maximum Gasteiger partial charge on any atom is 0.225 e. The van der Waals surface area contributed by atoms with E-state index in [9.17, 15) is 0 Å². The first-order valence-electron chi connectivity index (χ1n) is 6.37. The van der Waals surface area contributed by atoms with E-state index in [1.165, 1.54) is 19.3 Å². The SMILES string of the molecule is Cc1cc(C)nc(N(C)C2CCCC2CN)n1. The fourth-order valence-corrected chi connectivity index (χ4v) is 2.82. The van der Waals surface area contributed by atoms with Crippen molar-refractivity contribution in [3.63, 3.8) is 0 Å². The van der Waals surface area contributed by atoms with Gasteiger partial charge in [0.05, 0.1) is 0 Å². The minimum atomic E-state index is 0.501. The summed E-state index contributed by atoms with van der Waals surface area (Å²) >= 11 is 0. The van der Waals surface area contributed by atoms with Crippen molar-refractivity contribution in [1.82, 2.24) is 9.97 Å². The van der Waals surface area contributed by atoms with Crippen molar-refractivity contribution >= 4 is 5.95 Å². The number of aryl methyl sites for hydroxylation is 2. The van der Waals surface area contributed by atoms with Gasteiger partial charge in [-0.2, -0.15) is 0 Å². The predicted molar refractivity (Wildman–Crippen MR) is 70.1 cm³/mol. The van der Waals surface area contributed by atoms with E-state index in [0.29, 0.717) is 12.0 Å². The molecule has 1 fully saturated rings. The lowest BCUT2D eigenvalue weighted by atomic mass is 10.0. The monoisotopic (exact) mass is 234 g/mol. The zero-order valence-corrected chi connectivity index (χ0v) is 11.0. The van der Waals surface area contributed by atoms with E-state index in [-0.39, 0.29) is 0 Å². The van der Waals surface area contributed by atoms with E-state index in [0.717, 1.165) is 23.9 Å². The summed E-state index contributed by atoms with van der Waals surface area (Å²) in [5, 5.41) is 0. The Balaban J connectivity index is 2.21. The number of rotatable bonds is 3. The van der Waals surface area contributed by atoms with Crippen LogP contribution in [0.1, 0.15) is 30.7 Å². The van der Waals surface area contributed by atoms with Gasteiger partial charge in [0.2, 0.25) is 5.95 Å². The first-order valence-corrected chi connectivity index (χ1v) is 6.37. The molecule has 1 aromatic heterocycles. The molecule has 2 atom stereocenters. The average molecular weight is 234 g/mol. The number of nitrogens with two attached hydrogens (primary N) is 1. The Bertz CT molecular complexity index is 371. The second kappa shape index (κ2) is 5.00. The van der Waals surface area contributed by atoms with Crippen molar-refractivity contribution in [2.75, 3.05) is 18.5 Å². The molecule has 0 aromatic carbocycles. The van der Waals surface area contributed by atoms with Crippen LogP contribution in [0.15, 0.2) is 6.07 Å². The molecule has 1 saturated carbocycles. The van der Waals surface area contributed by atoms with Crippen molar-refractivity contribution in [2.45, 2.75) is 39.2 Å². The molecule has 0 saturated heterocycles. The van der Waals surface area contributed by atoms with Gasteiger partial charge in [-0.1, -0.05) is 6.42 Å². The lowest BCUT2D eigenvalue weighted by Crippen LogP contribution is -2.38. The van der Waals surface area contributed by atoms with Crippen LogP contribution in [0.25, 0.3) is 0 Å². The average Bonchev–Trinajstić information content (AvgIpc) is 2.74. The molecule has 2 N–H and O–H groups in total. The van der Waals surface area contributed by atoms with Crippen molar-refractivity contribution in [3.05, 3.63) is 17.5 Å². The first-order chi connectivity index (χ1) is 8.11. The lowest BCUT2D eigenvalue weighted by Gasteiger charge is -2.29. The molecule has 2 rings (SSSR count). The summed E-state index contributed by atoms with van der Waals surface area (Å²) in [6.07, 6.45) is 3.70. The second-order valence-corrected chi connectivity index (χ2v) is 5.06. The Kier molecular flexibility index (Phi) is 3.62. The Hall–Kier alpha value is -1.16. The van der Waals surface area contributed by atoms with E-state index >= 15 is 0 Å². The number of anilines is 1. The molecule has 0 radical (unpaired) electrons. The minimum absolute atomic E-state index is 0.501. The van der Waals surface area contributed by atoms with Gasteiger partial charge in [0, 0.05) is 24.5 Å². The van der Waals surface area contributed by atoms with E-state index in [1.54, 1.807) is 0 Å². The summed E-state index contributed by atoms with van der Waals surface area (Å²) in [5.74, 6) is 1.43. The summed E-state index contributed by atoms with van der Waals surface area (Å²) in [5.41, 5.74) is 7.89. The van der Waals surface area contributed by atoms with Gasteiger partial charge >= 0.3 is 0 Å². The van der Waals surface area contributed by atoms with Crippen LogP contribution in [-0.4, -0.2) is 29.6 Å². The third-order valence-electron chi connectivity index (χ3n) is 3.71. The Labute approximate surface area is 103 Å². The molecule has 1 aliphatic rings. The zero-order chi connectivity index (χ0) is 12.4. The fraction of sp³-hybridized carbons (Fsp3) is 0.692. The van der Waals surface area contributed by atoms with Crippen LogP contribution in [0.2, 0.25) is 0 Å². The molecule has 0 amide bonds. The third-order valence-corrected chi connectivity index (χ3v) is 3.71.